The quantitative estimate of drug-likeness (QED) is 0.137. The molecule has 68 heavy (non-hydrogen) atoms. The molecule has 0 aliphatic heterocycles. The second kappa shape index (κ2) is 16.7. The number of fused-ring (bicyclic) bond motifs is 7. The summed E-state index contributed by atoms with van der Waals surface area (Å²) in [4.78, 5) is 2.40. The normalized spacial score (nSPS) is 11.5. The minimum Gasteiger partial charge on any atom is -0.310 e. The van der Waals surface area contributed by atoms with E-state index in [0.717, 1.165) is 22.6 Å². The van der Waals surface area contributed by atoms with Gasteiger partial charge >= 0.3 is 0 Å². The molecule has 1 nitrogen and oxygen atoms in total. The number of benzene rings is 12. The molecule has 1 heterocycles. The van der Waals surface area contributed by atoms with E-state index in [1.54, 1.807) is 0 Å². The summed E-state index contributed by atoms with van der Waals surface area (Å²) in [6.07, 6.45) is 0. The Hall–Kier alpha value is -8.56. The number of hydrogen-bond donors (Lipinski definition) is 0. The molecule has 13 aromatic rings. The Bertz CT molecular complexity index is 3990. The minimum atomic E-state index is 1.09. The van der Waals surface area contributed by atoms with Crippen LogP contribution in [0.15, 0.2) is 261 Å². The lowest BCUT2D eigenvalue weighted by Gasteiger charge is -2.26. The fourth-order valence-electron chi connectivity index (χ4n) is 10.5. The van der Waals surface area contributed by atoms with Crippen LogP contribution in [0.2, 0.25) is 0 Å². The standard InChI is InChI=1S/C66H43NS/c1-3-17-47(18-4-1)64-60-27-10-9-25-57(60)58-41-36-50(43-62(58)65(64)48-19-5-2-6-20-48)49-22-13-23-53(42-49)67(51-37-32-45(33-38-51)55-28-14-21-44-16-7-8-24-54(44)55)52-39-34-46(35-40-52)56-29-15-30-61-59-26-11-12-31-63(59)68-66(56)61/h1-43H. The molecule has 0 amide bonds. The second-order valence-corrected chi connectivity index (χ2v) is 18.6. The van der Waals surface area contributed by atoms with Crippen LogP contribution in [-0.4, -0.2) is 0 Å². The number of thiophene rings is 1. The van der Waals surface area contributed by atoms with Crippen molar-refractivity contribution in [2.24, 2.45) is 0 Å². The molecule has 0 radical (unpaired) electrons. The van der Waals surface area contributed by atoms with E-state index in [-0.39, 0.29) is 0 Å². The maximum absolute atomic E-state index is 2.42. The number of hydrogen-bond acceptors (Lipinski definition) is 2. The molecule has 12 aromatic carbocycles. The minimum absolute atomic E-state index is 1.09. The number of anilines is 3. The molecule has 0 unspecified atom stereocenters. The lowest BCUT2D eigenvalue weighted by Crippen LogP contribution is -2.10. The zero-order valence-corrected chi connectivity index (χ0v) is 38.0. The van der Waals surface area contributed by atoms with Crippen molar-refractivity contribution >= 4 is 80.9 Å². The third-order valence-electron chi connectivity index (χ3n) is 13.7. The third-order valence-corrected chi connectivity index (χ3v) is 14.9. The van der Waals surface area contributed by atoms with E-state index in [9.17, 15) is 0 Å². The van der Waals surface area contributed by atoms with Crippen molar-refractivity contribution < 1.29 is 0 Å². The lowest BCUT2D eigenvalue weighted by molar-refractivity contribution is 1.28. The molecule has 0 fully saturated rings. The van der Waals surface area contributed by atoms with Crippen LogP contribution in [0.25, 0.3) is 108 Å². The van der Waals surface area contributed by atoms with Gasteiger partial charge in [-0.1, -0.05) is 212 Å². The topological polar surface area (TPSA) is 3.24 Å². The predicted octanol–water partition coefficient (Wildman–Crippen LogP) is 19.3. The predicted molar refractivity (Wildman–Crippen MR) is 294 cm³/mol. The summed E-state index contributed by atoms with van der Waals surface area (Å²) in [5.41, 5.74) is 15.4. The van der Waals surface area contributed by atoms with Crippen LogP contribution >= 0.6 is 11.3 Å². The van der Waals surface area contributed by atoms with Crippen LogP contribution in [0, 0.1) is 0 Å². The van der Waals surface area contributed by atoms with Gasteiger partial charge in [-0.25, -0.2) is 0 Å². The molecular weight excluding hydrogens is 839 g/mol. The Labute approximate surface area is 400 Å². The van der Waals surface area contributed by atoms with Crippen molar-refractivity contribution in [3.63, 3.8) is 0 Å². The highest BCUT2D eigenvalue weighted by molar-refractivity contribution is 7.26. The van der Waals surface area contributed by atoms with Gasteiger partial charge in [0.2, 0.25) is 0 Å². The smallest absolute Gasteiger partial charge is 0.0467 e. The first-order chi connectivity index (χ1) is 33.7. The Morgan fingerprint density at radius 2 is 0.735 bits per heavy atom. The highest BCUT2D eigenvalue weighted by atomic mass is 32.1. The lowest BCUT2D eigenvalue weighted by atomic mass is 9.84. The summed E-state index contributed by atoms with van der Waals surface area (Å²) in [6.45, 7) is 0. The van der Waals surface area contributed by atoms with E-state index in [4.69, 9.17) is 0 Å². The van der Waals surface area contributed by atoms with E-state index in [0.29, 0.717) is 0 Å². The summed E-state index contributed by atoms with van der Waals surface area (Å²) in [7, 11) is 0. The summed E-state index contributed by atoms with van der Waals surface area (Å²) in [5.74, 6) is 0. The molecule has 0 saturated carbocycles. The monoisotopic (exact) mass is 881 g/mol. The largest absolute Gasteiger partial charge is 0.310 e. The van der Waals surface area contributed by atoms with Gasteiger partial charge in [0.1, 0.15) is 0 Å². The van der Waals surface area contributed by atoms with Crippen LogP contribution in [-0.2, 0) is 0 Å². The average molecular weight is 882 g/mol. The summed E-state index contributed by atoms with van der Waals surface area (Å²) >= 11 is 1.88. The molecule has 13 rings (SSSR count). The first-order valence-corrected chi connectivity index (χ1v) is 24.1. The summed E-state index contributed by atoms with van der Waals surface area (Å²) in [6, 6.07) is 95.7. The molecule has 318 valence electrons. The summed E-state index contributed by atoms with van der Waals surface area (Å²) in [5, 5.41) is 10.1. The molecule has 0 saturated heterocycles. The van der Waals surface area contributed by atoms with Crippen molar-refractivity contribution in [2.75, 3.05) is 4.90 Å². The first-order valence-electron chi connectivity index (χ1n) is 23.3. The van der Waals surface area contributed by atoms with Gasteiger partial charge in [-0.15, -0.1) is 11.3 Å². The van der Waals surface area contributed by atoms with Gasteiger partial charge in [0.15, 0.2) is 0 Å². The molecular formula is C66H43NS. The van der Waals surface area contributed by atoms with Crippen LogP contribution in [0.5, 0.6) is 0 Å². The van der Waals surface area contributed by atoms with Gasteiger partial charge in [-0.3, -0.25) is 0 Å². The van der Waals surface area contributed by atoms with Gasteiger partial charge < -0.3 is 4.90 Å². The van der Waals surface area contributed by atoms with E-state index < -0.39 is 0 Å². The van der Waals surface area contributed by atoms with Crippen LogP contribution in [0.1, 0.15) is 0 Å². The molecule has 0 aliphatic carbocycles. The van der Waals surface area contributed by atoms with Crippen LogP contribution in [0.3, 0.4) is 0 Å². The van der Waals surface area contributed by atoms with E-state index in [2.05, 4.69) is 266 Å². The molecule has 0 spiro atoms. The van der Waals surface area contributed by atoms with Gasteiger partial charge in [0.25, 0.3) is 0 Å². The van der Waals surface area contributed by atoms with Crippen molar-refractivity contribution in [3.8, 4) is 55.6 Å². The van der Waals surface area contributed by atoms with E-state index in [1.165, 1.54) is 103 Å². The molecule has 0 aliphatic rings. The maximum atomic E-state index is 2.42. The first kappa shape index (κ1) is 39.8. The highest BCUT2D eigenvalue weighted by Crippen LogP contribution is 2.47. The zero-order chi connectivity index (χ0) is 45.0. The van der Waals surface area contributed by atoms with Crippen LogP contribution in [0.4, 0.5) is 17.1 Å². The number of rotatable bonds is 8. The third kappa shape index (κ3) is 6.85. The van der Waals surface area contributed by atoms with Gasteiger partial charge in [-0.05, 0) is 136 Å². The fourth-order valence-corrected chi connectivity index (χ4v) is 11.7. The van der Waals surface area contributed by atoms with Gasteiger partial charge in [-0.2, -0.15) is 0 Å². The molecule has 0 atom stereocenters. The van der Waals surface area contributed by atoms with Crippen molar-refractivity contribution in [1.82, 2.24) is 0 Å². The van der Waals surface area contributed by atoms with Crippen molar-refractivity contribution in [1.29, 1.82) is 0 Å². The average Bonchev–Trinajstić information content (AvgIpc) is 3.80. The Morgan fingerprint density at radius 1 is 0.250 bits per heavy atom. The Morgan fingerprint density at radius 3 is 1.47 bits per heavy atom. The number of nitrogens with zero attached hydrogens (tertiary/aromatic N) is 1. The Kier molecular flexibility index (Phi) is 9.77. The second-order valence-electron chi connectivity index (χ2n) is 17.6. The van der Waals surface area contributed by atoms with Gasteiger partial charge in [0.05, 0.1) is 0 Å². The molecule has 0 bridgehead atoms. The maximum Gasteiger partial charge on any atom is 0.0467 e. The highest BCUT2D eigenvalue weighted by Gasteiger charge is 2.20. The SMILES string of the molecule is c1ccc(-c2c(-c3ccccc3)c3cc(-c4cccc(N(c5ccc(-c6cccc7ccccc67)cc5)c5ccc(-c6cccc7c6sc6ccccc67)cc5)c4)ccc3c3ccccc23)cc1. The van der Waals surface area contributed by atoms with E-state index in [1.807, 2.05) is 11.3 Å². The van der Waals surface area contributed by atoms with Gasteiger partial charge in [0, 0.05) is 37.2 Å². The summed E-state index contributed by atoms with van der Waals surface area (Å²) < 4.78 is 2.64. The van der Waals surface area contributed by atoms with E-state index >= 15 is 0 Å². The molecule has 2 heteroatoms. The Balaban J connectivity index is 0.963. The van der Waals surface area contributed by atoms with Crippen molar-refractivity contribution in [3.05, 3.63) is 261 Å². The molecule has 1 aromatic heterocycles. The van der Waals surface area contributed by atoms with Crippen LogP contribution < -0.4 is 4.90 Å². The molecule has 0 N–H and O–H groups in total. The zero-order valence-electron chi connectivity index (χ0n) is 37.2. The fraction of sp³-hybridized carbons (Fsp3) is 0. The van der Waals surface area contributed by atoms with Crippen molar-refractivity contribution in [2.45, 2.75) is 0 Å².